The Morgan fingerprint density at radius 1 is 1.24 bits per heavy atom. The van der Waals surface area contributed by atoms with Gasteiger partial charge in [-0.3, -0.25) is 0 Å². The molecule has 2 aromatic rings. The van der Waals surface area contributed by atoms with Crippen LogP contribution in [0.15, 0.2) is 42.5 Å². The van der Waals surface area contributed by atoms with Crippen LogP contribution in [0, 0.1) is 0 Å². The number of hydrogen-bond acceptors (Lipinski definition) is 3. The lowest BCUT2D eigenvalue weighted by Crippen LogP contribution is -2.49. The summed E-state index contributed by atoms with van der Waals surface area (Å²) in [6.07, 6.45) is 2.83. The molecular formula is C24H31ClNO3. The molecule has 0 bridgehead atoms. The SMILES string of the molecule is CCc1cccc(-c2c(Cl)cccc2[C@](O)(CCCCOC)[C@H]2C[N]CCO2)c1. The van der Waals surface area contributed by atoms with Crippen LogP contribution < -0.4 is 5.32 Å². The molecule has 2 atom stereocenters. The van der Waals surface area contributed by atoms with Gasteiger partial charge in [-0.05, 0) is 48.4 Å². The normalized spacial score (nSPS) is 19.1. The van der Waals surface area contributed by atoms with Crippen LogP contribution in [0.25, 0.3) is 11.1 Å². The van der Waals surface area contributed by atoms with E-state index >= 15 is 0 Å². The predicted molar refractivity (Wildman–Crippen MR) is 117 cm³/mol. The predicted octanol–water partition coefficient (Wildman–Crippen LogP) is 4.58. The number of benzene rings is 2. The first-order chi connectivity index (χ1) is 14.1. The Morgan fingerprint density at radius 2 is 2.07 bits per heavy atom. The summed E-state index contributed by atoms with van der Waals surface area (Å²) in [5.74, 6) is 0. The van der Waals surface area contributed by atoms with E-state index in [0.29, 0.717) is 37.7 Å². The molecule has 0 aromatic heterocycles. The van der Waals surface area contributed by atoms with Gasteiger partial charge in [0.15, 0.2) is 0 Å². The van der Waals surface area contributed by atoms with Gasteiger partial charge in [0.25, 0.3) is 0 Å². The first-order valence-electron chi connectivity index (χ1n) is 10.4. The highest BCUT2D eigenvalue weighted by molar-refractivity contribution is 6.33. The highest BCUT2D eigenvalue weighted by atomic mass is 35.5. The van der Waals surface area contributed by atoms with Gasteiger partial charge in [0.05, 0.1) is 6.61 Å². The van der Waals surface area contributed by atoms with E-state index in [1.807, 2.05) is 24.3 Å². The molecule has 3 rings (SSSR count). The summed E-state index contributed by atoms with van der Waals surface area (Å²) in [6.45, 7) is 4.51. The van der Waals surface area contributed by atoms with Gasteiger partial charge in [0.1, 0.15) is 11.7 Å². The Balaban J connectivity index is 2.05. The minimum absolute atomic E-state index is 0.384. The molecule has 4 nitrogen and oxygen atoms in total. The molecule has 0 aliphatic carbocycles. The molecule has 157 valence electrons. The lowest BCUT2D eigenvalue weighted by atomic mass is 9.79. The Kier molecular flexibility index (Phi) is 8.10. The van der Waals surface area contributed by atoms with E-state index in [0.717, 1.165) is 36.0 Å². The number of methoxy groups -OCH3 is 1. The Labute approximate surface area is 179 Å². The first kappa shape index (κ1) is 22.3. The topological polar surface area (TPSA) is 52.8 Å². The number of rotatable bonds is 9. The molecule has 2 aromatic carbocycles. The van der Waals surface area contributed by atoms with Gasteiger partial charge < -0.3 is 14.6 Å². The van der Waals surface area contributed by atoms with Crippen molar-refractivity contribution in [2.45, 2.75) is 44.3 Å². The monoisotopic (exact) mass is 416 g/mol. The number of unbranched alkanes of at least 4 members (excludes halogenated alkanes) is 1. The van der Waals surface area contributed by atoms with Crippen LogP contribution in [0.2, 0.25) is 5.02 Å². The van der Waals surface area contributed by atoms with Gasteiger partial charge in [-0.2, -0.15) is 0 Å². The summed E-state index contributed by atoms with van der Waals surface area (Å²) in [5, 5.41) is 17.2. The lowest BCUT2D eigenvalue weighted by Gasteiger charge is -2.40. The first-order valence-corrected chi connectivity index (χ1v) is 10.8. The summed E-state index contributed by atoms with van der Waals surface area (Å²) in [5.41, 5.74) is 2.79. The van der Waals surface area contributed by atoms with Crippen molar-refractivity contribution >= 4 is 11.6 Å². The van der Waals surface area contributed by atoms with Crippen LogP contribution in [0.4, 0.5) is 0 Å². The average Bonchev–Trinajstić information content (AvgIpc) is 2.77. The van der Waals surface area contributed by atoms with E-state index in [9.17, 15) is 5.11 Å². The zero-order valence-electron chi connectivity index (χ0n) is 17.4. The highest BCUT2D eigenvalue weighted by Gasteiger charge is 2.42. The number of hydrogen-bond donors (Lipinski definition) is 1. The molecule has 1 aliphatic heterocycles. The van der Waals surface area contributed by atoms with Gasteiger partial charge in [-0.1, -0.05) is 54.9 Å². The molecule has 0 spiro atoms. The second-order valence-electron chi connectivity index (χ2n) is 7.58. The molecule has 1 saturated heterocycles. The fourth-order valence-electron chi connectivity index (χ4n) is 4.04. The average molecular weight is 417 g/mol. The second-order valence-corrected chi connectivity index (χ2v) is 7.99. The molecule has 0 saturated carbocycles. The minimum Gasteiger partial charge on any atom is -0.385 e. The van der Waals surface area contributed by atoms with Crippen LogP contribution in [0.1, 0.15) is 37.3 Å². The van der Waals surface area contributed by atoms with Gasteiger partial charge in [-0.25, -0.2) is 5.32 Å². The van der Waals surface area contributed by atoms with E-state index < -0.39 is 5.60 Å². The van der Waals surface area contributed by atoms with Crippen molar-refractivity contribution < 1.29 is 14.6 Å². The smallest absolute Gasteiger partial charge is 0.118 e. The van der Waals surface area contributed by atoms with Gasteiger partial charge in [0.2, 0.25) is 0 Å². The van der Waals surface area contributed by atoms with Gasteiger partial charge in [-0.15, -0.1) is 0 Å². The molecule has 1 heterocycles. The molecular weight excluding hydrogens is 386 g/mol. The van der Waals surface area contributed by atoms with Crippen LogP contribution in [-0.4, -0.2) is 44.6 Å². The molecule has 0 unspecified atom stereocenters. The fourth-order valence-corrected chi connectivity index (χ4v) is 4.33. The summed E-state index contributed by atoms with van der Waals surface area (Å²) < 4.78 is 11.2. The summed E-state index contributed by atoms with van der Waals surface area (Å²) in [7, 11) is 1.70. The van der Waals surface area contributed by atoms with Gasteiger partial charge >= 0.3 is 0 Å². The summed E-state index contributed by atoms with van der Waals surface area (Å²) >= 11 is 6.69. The number of aliphatic hydroxyl groups is 1. The van der Waals surface area contributed by atoms with E-state index in [1.54, 1.807) is 7.11 Å². The molecule has 1 aliphatic rings. The third kappa shape index (κ3) is 5.19. The number of nitrogens with zero attached hydrogens (tertiary/aromatic N) is 1. The van der Waals surface area contributed by atoms with Crippen molar-refractivity contribution in [3.05, 3.63) is 58.6 Å². The highest BCUT2D eigenvalue weighted by Crippen LogP contribution is 2.42. The summed E-state index contributed by atoms with van der Waals surface area (Å²) in [4.78, 5) is 0. The van der Waals surface area contributed by atoms with Crippen LogP contribution in [-0.2, 0) is 21.5 Å². The lowest BCUT2D eigenvalue weighted by molar-refractivity contribution is -0.130. The van der Waals surface area contributed by atoms with Crippen molar-refractivity contribution in [3.8, 4) is 11.1 Å². The van der Waals surface area contributed by atoms with Crippen molar-refractivity contribution in [2.24, 2.45) is 0 Å². The van der Waals surface area contributed by atoms with Crippen molar-refractivity contribution in [2.75, 3.05) is 33.4 Å². The maximum atomic E-state index is 12.0. The van der Waals surface area contributed by atoms with Gasteiger partial charge in [0, 0.05) is 37.4 Å². The van der Waals surface area contributed by atoms with Crippen molar-refractivity contribution in [1.29, 1.82) is 0 Å². The molecule has 0 amide bonds. The maximum Gasteiger partial charge on any atom is 0.118 e. The van der Waals surface area contributed by atoms with Crippen molar-refractivity contribution in [3.63, 3.8) is 0 Å². The Bertz CT molecular complexity index is 791. The van der Waals surface area contributed by atoms with E-state index in [4.69, 9.17) is 21.1 Å². The third-order valence-electron chi connectivity index (χ3n) is 5.66. The molecule has 29 heavy (non-hydrogen) atoms. The molecule has 1 radical (unpaired) electrons. The number of ether oxygens (including phenoxy) is 2. The minimum atomic E-state index is -1.17. The maximum absolute atomic E-state index is 12.0. The van der Waals surface area contributed by atoms with E-state index in [-0.39, 0.29) is 6.10 Å². The number of morpholine rings is 1. The van der Waals surface area contributed by atoms with E-state index in [1.165, 1.54) is 5.56 Å². The van der Waals surface area contributed by atoms with Crippen LogP contribution in [0.5, 0.6) is 0 Å². The van der Waals surface area contributed by atoms with Crippen LogP contribution >= 0.6 is 11.6 Å². The van der Waals surface area contributed by atoms with Crippen LogP contribution in [0.3, 0.4) is 0 Å². The number of halogens is 1. The third-order valence-corrected chi connectivity index (χ3v) is 5.97. The zero-order chi connectivity index (χ0) is 20.7. The largest absolute Gasteiger partial charge is 0.385 e. The molecule has 1 fully saturated rings. The van der Waals surface area contributed by atoms with E-state index in [2.05, 4.69) is 30.4 Å². The Morgan fingerprint density at radius 3 is 2.79 bits per heavy atom. The molecule has 5 heteroatoms. The fraction of sp³-hybridized carbons (Fsp3) is 0.500. The molecule has 1 N–H and O–H groups in total. The Hall–Kier alpha value is -1.43. The quantitative estimate of drug-likeness (QED) is 0.609. The zero-order valence-corrected chi connectivity index (χ0v) is 18.1. The second kappa shape index (κ2) is 10.6. The standard InChI is InChI=1S/C24H31ClNO3/c1-3-18-8-6-9-19(16-18)23-20(10-7-11-21(23)25)24(27,12-4-5-14-28-2)22-17-26-13-15-29-22/h6-11,16,22,27H,3-5,12-15,17H2,1-2H3/t22-,24-/m1/s1. The summed E-state index contributed by atoms with van der Waals surface area (Å²) in [6, 6.07) is 14.1. The number of aryl methyl sites for hydroxylation is 1. The van der Waals surface area contributed by atoms with Crippen molar-refractivity contribution in [1.82, 2.24) is 5.32 Å².